The summed E-state index contributed by atoms with van der Waals surface area (Å²) >= 11 is 0. The number of nitro groups is 1. The summed E-state index contributed by atoms with van der Waals surface area (Å²) in [7, 11) is -0.573. The molecule has 0 aromatic carbocycles. The number of nitrogens with zero attached hydrogens (tertiary/aromatic N) is 3. The number of H-pyrrole nitrogens is 1. The van der Waals surface area contributed by atoms with Gasteiger partial charge in [-0.1, -0.05) is 33.1 Å². The molecule has 1 aromatic rings. The third kappa shape index (κ3) is 7.20. The van der Waals surface area contributed by atoms with Gasteiger partial charge in [0.2, 0.25) is 5.91 Å². The zero-order valence-electron chi connectivity index (χ0n) is 25.2. The molecule has 4 aliphatic rings. The molecular formula is C28H44BN7O6. The van der Waals surface area contributed by atoms with Gasteiger partial charge in [-0.05, 0) is 74.3 Å². The minimum atomic E-state index is -0.789. The van der Waals surface area contributed by atoms with Crippen molar-refractivity contribution < 1.29 is 23.9 Å². The summed E-state index contributed by atoms with van der Waals surface area (Å²) in [5.74, 6) is -0.531. The minimum absolute atomic E-state index is 0.00747. The number of hydrazine groups is 1. The highest BCUT2D eigenvalue weighted by molar-refractivity contribution is 6.47. The van der Waals surface area contributed by atoms with Crippen LogP contribution < -0.4 is 16.5 Å². The van der Waals surface area contributed by atoms with E-state index in [1.165, 1.54) is 12.4 Å². The Morgan fingerprint density at radius 1 is 1.36 bits per heavy atom. The maximum atomic E-state index is 13.7. The number of aliphatic imine (C=N–C) groups is 1. The van der Waals surface area contributed by atoms with Crippen LogP contribution in [0.4, 0.5) is 0 Å². The highest BCUT2D eigenvalue weighted by Crippen LogP contribution is 2.65. The molecule has 3 aliphatic carbocycles. The van der Waals surface area contributed by atoms with E-state index in [0.29, 0.717) is 36.8 Å². The van der Waals surface area contributed by atoms with E-state index in [-0.39, 0.29) is 54.0 Å². The fourth-order valence-electron chi connectivity index (χ4n) is 6.96. The Morgan fingerprint density at radius 2 is 2.12 bits per heavy atom. The number of aromatic amines is 1. The molecule has 13 nitrogen and oxygen atoms in total. The van der Waals surface area contributed by atoms with Crippen LogP contribution in [0.5, 0.6) is 0 Å². The fourth-order valence-corrected chi connectivity index (χ4v) is 6.96. The van der Waals surface area contributed by atoms with Crippen molar-refractivity contribution in [1.82, 2.24) is 20.7 Å². The van der Waals surface area contributed by atoms with Crippen LogP contribution in [-0.2, 0) is 18.9 Å². The second kappa shape index (κ2) is 12.9. The zero-order chi connectivity index (χ0) is 30.7. The largest absolute Gasteiger partial charge is 0.481 e. The number of guanidine groups is 1. The lowest BCUT2D eigenvalue weighted by molar-refractivity contribution is -0.525. The third-order valence-corrected chi connectivity index (χ3v) is 9.34. The van der Waals surface area contributed by atoms with Crippen LogP contribution in [0, 0.1) is 39.2 Å². The first-order chi connectivity index (χ1) is 19.8. The summed E-state index contributed by atoms with van der Waals surface area (Å²) in [6.45, 7) is 11.1. The van der Waals surface area contributed by atoms with Crippen LogP contribution in [0.1, 0.15) is 78.8 Å². The Kier molecular flexibility index (Phi) is 9.76. The van der Waals surface area contributed by atoms with Crippen molar-refractivity contribution in [1.29, 1.82) is 0 Å². The molecule has 0 spiro atoms. The quantitative estimate of drug-likeness (QED) is 0.0484. The molecular weight excluding hydrogens is 541 g/mol. The van der Waals surface area contributed by atoms with Gasteiger partial charge in [0.15, 0.2) is 10.8 Å². The van der Waals surface area contributed by atoms with Crippen molar-refractivity contribution in [3.8, 4) is 0 Å². The van der Waals surface area contributed by atoms with Gasteiger partial charge in [-0.15, -0.1) is 0 Å². The summed E-state index contributed by atoms with van der Waals surface area (Å²) in [5, 5.41) is 12.9. The van der Waals surface area contributed by atoms with Crippen LogP contribution in [-0.4, -0.2) is 64.0 Å². The average Bonchev–Trinajstić information content (AvgIpc) is 3.55. The monoisotopic (exact) mass is 585 g/mol. The van der Waals surface area contributed by atoms with Crippen LogP contribution in [0.2, 0.25) is 0 Å². The number of imidazole rings is 1. The lowest BCUT2D eigenvalue weighted by Gasteiger charge is -2.64. The second-order valence-electron chi connectivity index (χ2n) is 13.1. The molecule has 5 rings (SSSR count). The van der Waals surface area contributed by atoms with Gasteiger partial charge in [-0.3, -0.25) is 9.59 Å². The molecule has 1 amide bonds. The van der Waals surface area contributed by atoms with E-state index in [1.54, 1.807) is 17.7 Å². The number of amides is 1. The zero-order valence-corrected chi connectivity index (χ0v) is 25.2. The molecule has 2 heterocycles. The van der Waals surface area contributed by atoms with Gasteiger partial charge in [0.05, 0.1) is 35.9 Å². The Hall–Kier alpha value is -3.26. The van der Waals surface area contributed by atoms with Crippen LogP contribution >= 0.6 is 0 Å². The maximum absolute atomic E-state index is 13.7. The Balaban J connectivity index is 1.44. The molecule has 1 aliphatic heterocycles. The number of carbonyl (C=O) groups excluding carboxylic acids is 2. The minimum Gasteiger partial charge on any atom is -0.404 e. The predicted octanol–water partition coefficient (Wildman–Crippen LogP) is 2.67. The summed E-state index contributed by atoms with van der Waals surface area (Å²) < 4.78 is 13.2. The van der Waals surface area contributed by atoms with E-state index in [2.05, 4.69) is 54.9 Å². The number of ketones is 1. The number of aromatic nitrogens is 2. The van der Waals surface area contributed by atoms with Crippen molar-refractivity contribution >= 4 is 30.8 Å². The third-order valence-electron chi connectivity index (χ3n) is 9.34. The Morgan fingerprint density at radius 3 is 2.76 bits per heavy atom. The first-order valence-corrected chi connectivity index (χ1v) is 14.8. The van der Waals surface area contributed by atoms with E-state index in [9.17, 15) is 19.7 Å². The highest BCUT2D eigenvalue weighted by Gasteiger charge is 2.68. The molecule has 1 saturated heterocycles. The molecule has 3 saturated carbocycles. The summed E-state index contributed by atoms with van der Waals surface area (Å²) in [6, 6.07) is 0. The average molecular weight is 586 g/mol. The number of nitrogens with one attached hydrogen (secondary N) is 3. The van der Waals surface area contributed by atoms with Crippen LogP contribution in [0.25, 0.3) is 6.08 Å². The SMILES string of the molecule is CC(C)C[C@H](NC(=O)[C@H](CCCN=C(N)N[N+](=O)[O-])CC(=O)/C=C/c1cnc[nH]1)B1O[C@@H]2C[C@@H]3C[C@@H](C3(C)C)[C@]2(C)O1. The number of hydrogen-bond donors (Lipinski definition) is 4. The van der Waals surface area contributed by atoms with Gasteiger partial charge in [0.25, 0.3) is 5.96 Å². The summed E-state index contributed by atoms with van der Waals surface area (Å²) in [5.41, 5.74) is 7.79. The molecule has 1 aromatic heterocycles. The lowest BCUT2D eigenvalue weighted by atomic mass is 9.43. The van der Waals surface area contributed by atoms with Gasteiger partial charge in [0, 0.05) is 18.9 Å². The van der Waals surface area contributed by atoms with E-state index in [1.807, 2.05) is 0 Å². The van der Waals surface area contributed by atoms with Crippen molar-refractivity contribution in [2.24, 2.45) is 39.8 Å². The van der Waals surface area contributed by atoms with Crippen molar-refractivity contribution in [2.45, 2.75) is 90.8 Å². The smallest absolute Gasteiger partial charge is 0.404 e. The Bertz CT molecular complexity index is 1190. The van der Waals surface area contributed by atoms with E-state index in [4.69, 9.17) is 15.0 Å². The molecule has 0 radical (unpaired) electrons. The second-order valence-corrected chi connectivity index (χ2v) is 13.1. The number of carbonyl (C=O) groups is 2. The standard InChI is InChI=1S/C28H44BN7O6/c1-17(2)11-24(29-41-23-14-19-13-22(27(19,3)4)28(23,5)42-29)34-25(38)18(7-6-10-32-26(30)35-36(39)40)12-21(37)9-8-20-15-31-16-33-20/h8-9,15-19,22-24H,6-7,10-14H2,1-5H3,(H,31,33)(H,34,38)(H3,30,32,35)/b9-8+/t18-,19+,22+,23-,24+,28+/m1/s1. The van der Waals surface area contributed by atoms with Crippen molar-refractivity contribution in [3.05, 3.63) is 34.4 Å². The van der Waals surface area contributed by atoms with Gasteiger partial charge < -0.3 is 25.3 Å². The highest BCUT2D eigenvalue weighted by atomic mass is 16.7. The van der Waals surface area contributed by atoms with Crippen molar-refractivity contribution in [2.75, 3.05) is 6.54 Å². The fraction of sp³-hybridized carbons (Fsp3) is 0.714. The molecule has 42 heavy (non-hydrogen) atoms. The Labute approximate surface area is 247 Å². The normalized spacial score (nSPS) is 27.8. The lowest BCUT2D eigenvalue weighted by Crippen LogP contribution is -2.65. The molecule has 5 N–H and O–H groups in total. The first-order valence-electron chi connectivity index (χ1n) is 14.8. The predicted molar refractivity (Wildman–Crippen MR) is 158 cm³/mol. The molecule has 6 atom stereocenters. The molecule has 230 valence electrons. The van der Waals surface area contributed by atoms with E-state index in [0.717, 1.165) is 12.8 Å². The number of allylic oxidation sites excluding steroid dienone is 1. The van der Waals surface area contributed by atoms with Gasteiger partial charge in [-0.25, -0.2) is 20.1 Å². The number of hydrogen-bond acceptors (Lipinski definition) is 8. The maximum Gasteiger partial charge on any atom is 0.481 e. The first kappa shape index (κ1) is 31.7. The van der Waals surface area contributed by atoms with E-state index >= 15 is 0 Å². The number of rotatable bonds is 14. The van der Waals surface area contributed by atoms with Crippen LogP contribution in [0.15, 0.2) is 23.6 Å². The summed E-state index contributed by atoms with van der Waals surface area (Å²) in [4.78, 5) is 47.9. The van der Waals surface area contributed by atoms with Gasteiger partial charge >= 0.3 is 7.12 Å². The summed E-state index contributed by atoms with van der Waals surface area (Å²) in [6.07, 6.45) is 9.63. The van der Waals surface area contributed by atoms with E-state index < -0.39 is 23.7 Å². The van der Waals surface area contributed by atoms with Gasteiger partial charge in [0.1, 0.15) is 0 Å². The molecule has 0 unspecified atom stereocenters. The molecule has 4 fully saturated rings. The van der Waals surface area contributed by atoms with Crippen molar-refractivity contribution in [3.63, 3.8) is 0 Å². The van der Waals surface area contributed by atoms with Gasteiger partial charge in [-0.2, -0.15) is 0 Å². The van der Waals surface area contributed by atoms with Crippen LogP contribution in [0.3, 0.4) is 0 Å². The molecule has 2 bridgehead atoms. The topological polar surface area (TPSA) is 187 Å². The number of nitrogens with two attached hydrogens (primary N) is 1. The molecule has 14 heteroatoms.